The Morgan fingerprint density at radius 3 is 2.57 bits per heavy atom. The number of hydrazone groups is 1. The number of anilines is 1. The quantitative estimate of drug-likeness (QED) is 0.608. The molecule has 2 heterocycles. The fourth-order valence-corrected chi connectivity index (χ4v) is 4.18. The molecule has 1 fully saturated rings. The molecule has 2 aliphatic heterocycles. The first-order valence-electron chi connectivity index (χ1n) is 11.1. The summed E-state index contributed by atoms with van der Waals surface area (Å²) in [6.07, 6.45) is 9.27. The van der Waals surface area contributed by atoms with Crippen molar-refractivity contribution in [1.82, 2.24) is 9.91 Å². The minimum Gasteiger partial charge on any atom is -0.369 e. The number of hydrogen-bond acceptors (Lipinski definition) is 4. The summed E-state index contributed by atoms with van der Waals surface area (Å²) in [6.45, 7) is 14.5. The molecule has 0 bridgehead atoms. The van der Waals surface area contributed by atoms with Crippen LogP contribution in [0.4, 0.5) is 5.69 Å². The molecular formula is C25H36N4O. The molecule has 1 saturated heterocycles. The van der Waals surface area contributed by atoms with Crippen molar-refractivity contribution in [3.8, 4) is 0 Å². The topological polar surface area (TPSA) is 39.1 Å². The van der Waals surface area contributed by atoms with E-state index >= 15 is 0 Å². The van der Waals surface area contributed by atoms with Crippen LogP contribution in [0.5, 0.6) is 0 Å². The number of amides is 1. The zero-order valence-electron chi connectivity index (χ0n) is 19.0. The van der Waals surface area contributed by atoms with Crippen molar-refractivity contribution in [1.29, 1.82) is 0 Å². The molecule has 0 atom stereocenters. The molecule has 0 N–H and O–H groups in total. The molecule has 1 aromatic rings. The Bertz CT molecular complexity index is 816. The van der Waals surface area contributed by atoms with E-state index in [1.165, 1.54) is 11.3 Å². The largest absolute Gasteiger partial charge is 0.369 e. The summed E-state index contributed by atoms with van der Waals surface area (Å²) >= 11 is 0. The van der Waals surface area contributed by atoms with E-state index in [9.17, 15) is 4.79 Å². The highest BCUT2D eigenvalue weighted by Gasteiger charge is 2.31. The summed E-state index contributed by atoms with van der Waals surface area (Å²) in [6, 6.07) is 8.91. The number of rotatable bonds is 8. The van der Waals surface area contributed by atoms with Gasteiger partial charge in [0.15, 0.2) is 0 Å². The molecule has 1 amide bonds. The lowest BCUT2D eigenvalue weighted by molar-refractivity contribution is -0.130. The van der Waals surface area contributed by atoms with Crippen LogP contribution < -0.4 is 4.90 Å². The lowest BCUT2D eigenvalue weighted by atomic mass is 9.92. The number of nitrogens with zero attached hydrogens (tertiary/aromatic N) is 4. The standard InChI is InChI=1S/C25H36N4O/c1-5-7-8-11-22-18-24(30)29(26-22)20-25(3,4)19-27-13-15-28(16-14-27)23-12-9-10-21(6-2)17-23/h5,7-12,17H,6,13-16,18-20H2,1-4H3/b7-5-,11-8-. The number of carbonyl (C=O) groups is 1. The normalized spacial score (nSPS) is 18.8. The molecule has 1 aromatic carbocycles. The van der Waals surface area contributed by atoms with E-state index in [2.05, 4.69) is 59.9 Å². The van der Waals surface area contributed by atoms with Crippen LogP contribution in [0.3, 0.4) is 0 Å². The summed E-state index contributed by atoms with van der Waals surface area (Å²) in [4.78, 5) is 17.4. The van der Waals surface area contributed by atoms with Crippen LogP contribution in [0.25, 0.3) is 0 Å². The van der Waals surface area contributed by atoms with Crippen LogP contribution in [0.15, 0.2) is 53.7 Å². The van der Waals surface area contributed by atoms with Crippen LogP contribution in [0, 0.1) is 5.41 Å². The molecule has 162 valence electrons. The lowest BCUT2D eigenvalue weighted by Crippen LogP contribution is -2.50. The number of hydrogen-bond donors (Lipinski definition) is 0. The van der Waals surface area contributed by atoms with Crippen molar-refractivity contribution >= 4 is 17.3 Å². The van der Waals surface area contributed by atoms with Gasteiger partial charge in [-0.2, -0.15) is 5.10 Å². The molecule has 5 nitrogen and oxygen atoms in total. The fourth-order valence-electron chi connectivity index (χ4n) is 4.18. The van der Waals surface area contributed by atoms with Crippen LogP contribution in [0.2, 0.25) is 0 Å². The molecule has 30 heavy (non-hydrogen) atoms. The van der Waals surface area contributed by atoms with Crippen molar-refractivity contribution in [2.24, 2.45) is 10.5 Å². The van der Waals surface area contributed by atoms with Gasteiger partial charge in [-0.1, -0.05) is 51.1 Å². The molecule has 0 aliphatic carbocycles. The molecule has 2 aliphatic rings. The lowest BCUT2D eigenvalue weighted by Gasteiger charge is -2.40. The van der Waals surface area contributed by atoms with Crippen LogP contribution in [-0.4, -0.2) is 60.8 Å². The minimum absolute atomic E-state index is 0.00799. The third-order valence-corrected chi connectivity index (χ3v) is 5.75. The molecule has 3 rings (SSSR count). The maximum atomic E-state index is 12.4. The van der Waals surface area contributed by atoms with Gasteiger partial charge in [0.25, 0.3) is 0 Å². The maximum Gasteiger partial charge on any atom is 0.248 e. The van der Waals surface area contributed by atoms with E-state index in [-0.39, 0.29) is 11.3 Å². The maximum absolute atomic E-state index is 12.4. The van der Waals surface area contributed by atoms with Crippen molar-refractivity contribution in [3.05, 3.63) is 54.1 Å². The smallest absolute Gasteiger partial charge is 0.248 e. The van der Waals surface area contributed by atoms with Gasteiger partial charge in [-0.05, 0) is 42.5 Å². The number of piperazine rings is 1. The number of carbonyl (C=O) groups excluding carboxylic acids is 1. The second-order valence-electron chi connectivity index (χ2n) is 9.06. The SMILES string of the molecule is C/C=C\C=C/C1=NN(CC(C)(C)CN2CCN(c3cccc(CC)c3)CC2)C(=O)C1. The Balaban J connectivity index is 1.52. The van der Waals surface area contributed by atoms with Gasteiger partial charge in [-0.25, -0.2) is 5.01 Å². The molecule has 0 unspecified atom stereocenters. The van der Waals surface area contributed by atoms with Crippen molar-refractivity contribution in [2.75, 3.05) is 44.2 Å². The average Bonchev–Trinajstić information content (AvgIpc) is 3.07. The first-order valence-corrected chi connectivity index (χ1v) is 11.1. The van der Waals surface area contributed by atoms with Gasteiger partial charge in [0.1, 0.15) is 0 Å². The van der Waals surface area contributed by atoms with Crippen LogP contribution in [-0.2, 0) is 11.2 Å². The van der Waals surface area contributed by atoms with Crippen molar-refractivity contribution < 1.29 is 4.79 Å². The van der Waals surface area contributed by atoms with Gasteiger partial charge in [-0.3, -0.25) is 9.69 Å². The Hall–Kier alpha value is -2.40. The van der Waals surface area contributed by atoms with Gasteiger partial charge in [0, 0.05) is 38.4 Å². The second kappa shape index (κ2) is 10.1. The summed E-state index contributed by atoms with van der Waals surface area (Å²) in [5.74, 6) is 0.101. The third-order valence-electron chi connectivity index (χ3n) is 5.75. The van der Waals surface area contributed by atoms with Crippen molar-refractivity contribution in [3.63, 3.8) is 0 Å². The Labute approximate surface area is 181 Å². The van der Waals surface area contributed by atoms with Crippen molar-refractivity contribution in [2.45, 2.75) is 40.5 Å². The molecule has 0 aromatic heterocycles. The summed E-state index contributed by atoms with van der Waals surface area (Å²) in [7, 11) is 0. The summed E-state index contributed by atoms with van der Waals surface area (Å²) in [5.41, 5.74) is 3.57. The highest BCUT2D eigenvalue weighted by molar-refractivity contribution is 6.10. The Kier molecular flexibility index (Phi) is 7.48. The number of benzene rings is 1. The first kappa shape index (κ1) is 22.3. The third kappa shape index (κ3) is 6.05. The van der Waals surface area contributed by atoms with E-state index in [0.29, 0.717) is 13.0 Å². The van der Waals surface area contributed by atoms with Gasteiger partial charge in [0.2, 0.25) is 5.91 Å². The highest BCUT2D eigenvalue weighted by Crippen LogP contribution is 2.24. The second-order valence-corrected chi connectivity index (χ2v) is 9.06. The highest BCUT2D eigenvalue weighted by atomic mass is 16.2. The predicted octanol–water partition coefficient (Wildman–Crippen LogP) is 4.12. The molecule has 5 heteroatoms. The van der Waals surface area contributed by atoms with E-state index in [0.717, 1.165) is 44.9 Å². The predicted molar refractivity (Wildman–Crippen MR) is 126 cm³/mol. The Morgan fingerprint density at radius 2 is 1.87 bits per heavy atom. The molecular weight excluding hydrogens is 372 g/mol. The zero-order valence-corrected chi connectivity index (χ0v) is 19.0. The van der Waals surface area contributed by atoms with Crippen LogP contribution in [0.1, 0.15) is 39.7 Å². The van der Waals surface area contributed by atoms with E-state index in [4.69, 9.17) is 0 Å². The fraction of sp³-hybridized carbons (Fsp3) is 0.520. The monoisotopic (exact) mass is 408 g/mol. The molecule has 0 saturated carbocycles. The van der Waals surface area contributed by atoms with E-state index < -0.39 is 0 Å². The summed E-state index contributed by atoms with van der Waals surface area (Å²) in [5, 5.41) is 6.21. The minimum atomic E-state index is -0.00799. The summed E-state index contributed by atoms with van der Waals surface area (Å²) < 4.78 is 0. The van der Waals surface area contributed by atoms with E-state index in [1.807, 2.05) is 31.2 Å². The Morgan fingerprint density at radius 1 is 1.10 bits per heavy atom. The molecule has 0 spiro atoms. The van der Waals surface area contributed by atoms with Gasteiger partial charge in [0.05, 0.1) is 18.7 Å². The van der Waals surface area contributed by atoms with Crippen LogP contribution >= 0.6 is 0 Å². The zero-order chi connectivity index (χ0) is 21.6. The number of allylic oxidation sites excluding steroid dienone is 4. The van der Waals surface area contributed by atoms with E-state index in [1.54, 1.807) is 5.01 Å². The first-order chi connectivity index (χ1) is 14.4. The number of aryl methyl sites for hydroxylation is 1. The van der Waals surface area contributed by atoms with Gasteiger partial charge < -0.3 is 4.90 Å². The van der Waals surface area contributed by atoms with Gasteiger partial charge >= 0.3 is 0 Å². The average molecular weight is 409 g/mol. The molecule has 0 radical (unpaired) electrons. The van der Waals surface area contributed by atoms with Gasteiger partial charge in [-0.15, -0.1) is 0 Å².